The molecule has 2 aromatic rings. The molecule has 19 heavy (non-hydrogen) atoms. The molecule has 1 saturated carbocycles. The second kappa shape index (κ2) is 5.29. The number of thiazole rings is 1. The van der Waals surface area contributed by atoms with E-state index in [1.807, 2.05) is 30.1 Å². The lowest BCUT2D eigenvalue weighted by Crippen LogP contribution is -2.31. The van der Waals surface area contributed by atoms with Gasteiger partial charge in [-0.3, -0.25) is 4.79 Å². The molecule has 1 aromatic heterocycles. The second-order valence-electron chi connectivity index (χ2n) is 5.25. The van der Waals surface area contributed by atoms with E-state index >= 15 is 0 Å². The van der Waals surface area contributed by atoms with Crippen LogP contribution in [-0.2, 0) is 11.3 Å². The normalized spacial score (nSPS) is 16.1. The predicted molar refractivity (Wildman–Crippen MR) is 78.1 cm³/mol. The first kappa shape index (κ1) is 12.6. The Bertz CT molecular complexity index is 554. The number of para-hydroxylation sites is 1. The molecule has 1 aromatic carbocycles. The van der Waals surface area contributed by atoms with E-state index in [-0.39, 0.29) is 11.8 Å². The van der Waals surface area contributed by atoms with Gasteiger partial charge in [-0.1, -0.05) is 25.0 Å². The van der Waals surface area contributed by atoms with E-state index in [4.69, 9.17) is 0 Å². The summed E-state index contributed by atoms with van der Waals surface area (Å²) in [5.74, 6) is 0.538. The molecule has 0 saturated heterocycles. The summed E-state index contributed by atoms with van der Waals surface area (Å²) in [6.45, 7) is 0.634. The first-order valence-electron chi connectivity index (χ1n) is 6.83. The van der Waals surface area contributed by atoms with Crippen LogP contribution in [0.5, 0.6) is 0 Å². The van der Waals surface area contributed by atoms with E-state index in [0.29, 0.717) is 6.54 Å². The van der Waals surface area contributed by atoms with Gasteiger partial charge in [0.1, 0.15) is 5.01 Å². The van der Waals surface area contributed by atoms with Crippen LogP contribution < -0.4 is 0 Å². The maximum absolute atomic E-state index is 12.3. The Balaban J connectivity index is 1.71. The number of benzene rings is 1. The lowest BCUT2D eigenvalue weighted by atomic mass is 10.1. The number of amides is 1. The van der Waals surface area contributed by atoms with Crippen LogP contribution in [0.15, 0.2) is 24.3 Å². The summed E-state index contributed by atoms with van der Waals surface area (Å²) < 4.78 is 1.19. The molecule has 0 spiro atoms. The highest BCUT2D eigenvalue weighted by atomic mass is 32.1. The number of carbonyl (C=O) groups is 1. The molecule has 0 aliphatic heterocycles. The van der Waals surface area contributed by atoms with Crippen LogP contribution in [0, 0.1) is 5.92 Å². The number of carbonyl (C=O) groups excluding carboxylic acids is 1. The van der Waals surface area contributed by atoms with Gasteiger partial charge < -0.3 is 4.90 Å². The molecule has 100 valence electrons. The first-order valence-corrected chi connectivity index (χ1v) is 7.65. The summed E-state index contributed by atoms with van der Waals surface area (Å²) in [5.41, 5.74) is 1.03. The number of fused-ring (bicyclic) bond motifs is 1. The van der Waals surface area contributed by atoms with Crippen molar-refractivity contribution in [2.75, 3.05) is 7.05 Å². The van der Waals surface area contributed by atoms with Crippen molar-refractivity contribution >= 4 is 27.5 Å². The Kier molecular flexibility index (Phi) is 3.51. The number of aromatic nitrogens is 1. The Hall–Kier alpha value is -1.42. The van der Waals surface area contributed by atoms with Crippen molar-refractivity contribution in [2.24, 2.45) is 5.92 Å². The van der Waals surface area contributed by atoms with Gasteiger partial charge in [-0.05, 0) is 25.0 Å². The fourth-order valence-electron chi connectivity index (χ4n) is 2.75. The number of hydrogen-bond acceptors (Lipinski definition) is 3. The monoisotopic (exact) mass is 274 g/mol. The number of rotatable bonds is 3. The summed E-state index contributed by atoms with van der Waals surface area (Å²) in [5, 5.41) is 1.02. The molecule has 1 amide bonds. The van der Waals surface area contributed by atoms with Crippen molar-refractivity contribution < 1.29 is 4.79 Å². The Morgan fingerprint density at radius 3 is 2.84 bits per heavy atom. The van der Waals surface area contributed by atoms with Crippen LogP contribution in [0.4, 0.5) is 0 Å². The molecule has 0 radical (unpaired) electrons. The lowest BCUT2D eigenvalue weighted by molar-refractivity contribution is -0.134. The quantitative estimate of drug-likeness (QED) is 0.859. The van der Waals surface area contributed by atoms with Gasteiger partial charge in [0, 0.05) is 13.0 Å². The fraction of sp³-hybridized carbons (Fsp3) is 0.467. The summed E-state index contributed by atoms with van der Waals surface area (Å²) >= 11 is 1.68. The molecular formula is C15H18N2OS. The smallest absolute Gasteiger partial charge is 0.225 e. The van der Waals surface area contributed by atoms with Crippen LogP contribution in [0.25, 0.3) is 10.2 Å². The SMILES string of the molecule is CN(Cc1nc2ccccc2s1)C(=O)C1CCCC1. The topological polar surface area (TPSA) is 33.2 Å². The minimum absolute atomic E-state index is 0.249. The number of hydrogen-bond donors (Lipinski definition) is 0. The Morgan fingerprint density at radius 2 is 2.11 bits per heavy atom. The van der Waals surface area contributed by atoms with Gasteiger partial charge in [-0.15, -0.1) is 11.3 Å². The van der Waals surface area contributed by atoms with Gasteiger partial charge in [0.05, 0.1) is 16.8 Å². The van der Waals surface area contributed by atoms with Crippen LogP contribution >= 0.6 is 11.3 Å². The number of nitrogens with zero attached hydrogens (tertiary/aromatic N) is 2. The van der Waals surface area contributed by atoms with Crippen LogP contribution in [0.1, 0.15) is 30.7 Å². The standard InChI is InChI=1S/C15H18N2OS/c1-17(15(18)11-6-2-3-7-11)10-14-16-12-8-4-5-9-13(12)19-14/h4-5,8-9,11H,2-3,6-7,10H2,1H3. The van der Waals surface area contributed by atoms with E-state index < -0.39 is 0 Å². The minimum Gasteiger partial charge on any atom is -0.339 e. The Morgan fingerprint density at radius 1 is 1.37 bits per heavy atom. The van der Waals surface area contributed by atoms with E-state index in [9.17, 15) is 4.79 Å². The summed E-state index contributed by atoms with van der Waals surface area (Å²) in [7, 11) is 1.90. The van der Waals surface area contributed by atoms with Crippen molar-refractivity contribution in [1.29, 1.82) is 0 Å². The Labute approximate surface area is 117 Å². The van der Waals surface area contributed by atoms with Gasteiger partial charge in [0.2, 0.25) is 5.91 Å². The second-order valence-corrected chi connectivity index (χ2v) is 6.37. The van der Waals surface area contributed by atoms with Gasteiger partial charge >= 0.3 is 0 Å². The molecule has 0 atom stereocenters. The molecule has 0 bridgehead atoms. The van der Waals surface area contributed by atoms with E-state index in [1.54, 1.807) is 11.3 Å². The third kappa shape index (κ3) is 2.63. The third-order valence-electron chi connectivity index (χ3n) is 3.79. The molecule has 1 aliphatic rings. The maximum atomic E-state index is 12.3. The highest BCUT2D eigenvalue weighted by molar-refractivity contribution is 7.18. The zero-order chi connectivity index (χ0) is 13.2. The molecule has 3 rings (SSSR count). The molecular weight excluding hydrogens is 256 g/mol. The van der Waals surface area contributed by atoms with Crippen molar-refractivity contribution in [2.45, 2.75) is 32.2 Å². The van der Waals surface area contributed by atoms with Gasteiger partial charge in [-0.25, -0.2) is 4.98 Å². The van der Waals surface area contributed by atoms with E-state index in [1.165, 1.54) is 17.5 Å². The van der Waals surface area contributed by atoms with Crippen molar-refractivity contribution in [3.05, 3.63) is 29.3 Å². The van der Waals surface area contributed by atoms with Crippen molar-refractivity contribution in [3.63, 3.8) is 0 Å². The highest BCUT2D eigenvalue weighted by Gasteiger charge is 2.25. The summed E-state index contributed by atoms with van der Waals surface area (Å²) in [6, 6.07) is 8.13. The molecule has 1 heterocycles. The van der Waals surface area contributed by atoms with Crippen LogP contribution in [-0.4, -0.2) is 22.8 Å². The summed E-state index contributed by atoms with van der Waals surface area (Å²) in [4.78, 5) is 18.7. The third-order valence-corrected chi connectivity index (χ3v) is 4.81. The summed E-state index contributed by atoms with van der Waals surface area (Å²) in [6.07, 6.45) is 4.52. The van der Waals surface area contributed by atoms with Gasteiger partial charge in [0.25, 0.3) is 0 Å². The van der Waals surface area contributed by atoms with E-state index in [0.717, 1.165) is 23.4 Å². The molecule has 0 unspecified atom stereocenters. The average Bonchev–Trinajstić information content (AvgIpc) is 3.06. The van der Waals surface area contributed by atoms with Gasteiger partial charge in [0.15, 0.2) is 0 Å². The highest BCUT2D eigenvalue weighted by Crippen LogP contribution is 2.27. The molecule has 4 heteroatoms. The van der Waals surface area contributed by atoms with Crippen molar-refractivity contribution in [3.8, 4) is 0 Å². The van der Waals surface area contributed by atoms with Crippen molar-refractivity contribution in [1.82, 2.24) is 9.88 Å². The fourth-order valence-corrected chi connectivity index (χ4v) is 3.77. The minimum atomic E-state index is 0.249. The molecule has 1 aliphatic carbocycles. The lowest BCUT2D eigenvalue weighted by Gasteiger charge is -2.19. The van der Waals surface area contributed by atoms with Crippen LogP contribution in [0.2, 0.25) is 0 Å². The van der Waals surface area contributed by atoms with Crippen LogP contribution in [0.3, 0.4) is 0 Å². The zero-order valence-corrected chi connectivity index (χ0v) is 11.9. The first-order chi connectivity index (χ1) is 9.24. The molecule has 1 fully saturated rings. The molecule has 3 nitrogen and oxygen atoms in total. The largest absolute Gasteiger partial charge is 0.339 e. The maximum Gasteiger partial charge on any atom is 0.225 e. The van der Waals surface area contributed by atoms with Gasteiger partial charge in [-0.2, -0.15) is 0 Å². The predicted octanol–water partition coefficient (Wildman–Crippen LogP) is 3.44. The zero-order valence-electron chi connectivity index (χ0n) is 11.1. The molecule has 0 N–H and O–H groups in total. The van der Waals surface area contributed by atoms with E-state index in [2.05, 4.69) is 11.1 Å². The average molecular weight is 274 g/mol.